The Kier molecular flexibility index (Phi) is 14.3. The molecule has 1 atom stereocenters. The minimum Gasteiger partial charge on any atom is -0.490 e. The first-order valence-corrected chi connectivity index (χ1v) is 19.3. The average molecular weight is 677 g/mol. The highest BCUT2D eigenvalue weighted by Crippen LogP contribution is 2.43. The first kappa shape index (κ1) is 37.2. The van der Waals surface area contributed by atoms with E-state index in [4.69, 9.17) is 4.74 Å². The standard InChI is InChI=1S/C44H56F4O/c1-3-5-7-8-9-10-12-30-49-40-29-28-39(43(47)44(40)48)36-24-22-35(23-25-36)38-27-26-37(41(45)42(38)46)34-20-18-33(19-21-34)32-16-14-31(15-17-32)13-11-6-4-2/h20,22-29,31-33H,3-19,21,30H2,1-2H3. The monoisotopic (exact) mass is 676 g/mol. The van der Waals surface area contributed by atoms with Gasteiger partial charge in [-0.3, -0.25) is 0 Å². The summed E-state index contributed by atoms with van der Waals surface area (Å²) in [5.74, 6) is -1.50. The van der Waals surface area contributed by atoms with Crippen molar-refractivity contribution in [2.24, 2.45) is 17.8 Å². The molecule has 1 unspecified atom stereocenters. The van der Waals surface area contributed by atoms with Crippen LogP contribution in [0.25, 0.3) is 27.8 Å². The fourth-order valence-electron chi connectivity index (χ4n) is 8.12. The van der Waals surface area contributed by atoms with E-state index in [0.29, 0.717) is 29.2 Å². The quantitative estimate of drug-likeness (QED) is 0.102. The summed E-state index contributed by atoms with van der Waals surface area (Å²) >= 11 is 0. The molecule has 0 bridgehead atoms. The number of hydrogen-bond donors (Lipinski definition) is 0. The molecule has 0 heterocycles. The lowest BCUT2D eigenvalue weighted by molar-refractivity contribution is 0.187. The van der Waals surface area contributed by atoms with Crippen LogP contribution in [0.4, 0.5) is 17.6 Å². The van der Waals surface area contributed by atoms with E-state index in [1.165, 1.54) is 89.2 Å². The maximum Gasteiger partial charge on any atom is 0.201 e. The third kappa shape index (κ3) is 9.79. The number of hydrogen-bond acceptors (Lipinski definition) is 1. The molecule has 3 aromatic carbocycles. The zero-order valence-corrected chi connectivity index (χ0v) is 29.8. The number of rotatable bonds is 17. The summed E-state index contributed by atoms with van der Waals surface area (Å²) in [6.45, 7) is 4.79. The van der Waals surface area contributed by atoms with Gasteiger partial charge in [-0.15, -0.1) is 0 Å². The summed E-state index contributed by atoms with van der Waals surface area (Å²) in [4.78, 5) is 0. The molecule has 0 aromatic heterocycles. The lowest BCUT2D eigenvalue weighted by Gasteiger charge is -2.35. The van der Waals surface area contributed by atoms with Crippen molar-refractivity contribution >= 4 is 5.57 Å². The minimum atomic E-state index is -1.01. The Labute approximate surface area is 292 Å². The number of allylic oxidation sites excluding steroid dienone is 2. The van der Waals surface area contributed by atoms with E-state index in [2.05, 4.69) is 19.9 Å². The molecule has 1 nitrogen and oxygen atoms in total. The smallest absolute Gasteiger partial charge is 0.201 e. The second kappa shape index (κ2) is 18.8. The van der Waals surface area contributed by atoms with Crippen LogP contribution in [0.15, 0.2) is 54.6 Å². The van der Waals surface area contributed by atoms with Gasteiger partial charge in [0.2, 0.25) is 5.82 Å². The molecule has 1 fully saturated rings. The summed E-state index contributed by atoms with van der Waals surface area (Å²) in [6.07, 6.45) is 23.4. The normalized spacial score (nSPS) is 19.6. The molecular weight excluding hydrogens is 620 g/mol. The first-order valence-electron chi connectivity index (χ1n) is 19.3. The van der Waals surface area contributed by atoms with Crippen molar-refractivity contribution in [1.29, 1.82) is 0 Å². The maximum absolute atomic E-state index is 15.5. The summed E-state index contributed by atoms with van der Waals surface area (Å²) in [5, 5.41) is 0. The molecule has 266 valence electrons. The SMILES string of the molecule is CCCCCCCCCOc1ccc(-c2ccc(-c3ccc(C4=CCC(C5CCC(CCCCC)CC5)CC4)c(F)c3F)cc2)c(F)c1F. The van der Waals surface area contributed by atoms with Gasteiger partial charge < -0.3 is 4.74 Å². The second-order valence-corrected chi connectivity index (χ2v) is 14.6. The van der Waals surface area contributed by atoms with Crippen LogP contribution >= 0.6 is 0 Å². The van der Waals surface area contributed by atoms with Gasteiger partial charge in [0.05, 0.1) is 6.61 Å². The van der Waals surface area contributed by atoms with Crippen molar-refractivity contribution in [1.82, 2.24) is 0 Å². The molecule has 5 heteroatoms. The molecule has 2 aliphatic carbocycles. The molecular formula is C44H56F4O. The lowest BCUT2D eigenvalue weighted by atomic mass is 9.70. The summed E-state index contributed by atoms with van der Waals surface area (Å²) in [7, 11) is 0. The Hall–Kier alpha value is -3.08. The zero-order chi connectivity index (χ0) is 34.6. The van der Waals surface area contributed by atoms with Gasteiger partial charge in [-0.25, -0.2) is 13.2 Å². The predicted octanol–water partition coefficient (Wildman–Crippen LogP) is 14.3. The molecule has 0 N–H and O–H groups in total. The zero-order valence-electron chi connectivity index (χ0n) is 29.8. The summed E-state index contributed by atoms with van der Waals surface area (Å²) < 4.78 is 66.5. The van der Waals surface area contributed by atoms with Gasteiger partial charge in [0.1, 0.15) is 0 Å². The van der Waals surface area contributed by atoms with Crippen molar-refractivity contribution in [3.8, 4) is 28.0 Å². The van der Waals surface area contributed by atoms with Crippen molar-refractivity contribution in [3.63, 3.8) is 0 Å². The van der Waals surface area contributed by atoms with Crippen molar-refractivity contribution < 1.29 is 22.3 Å². The fraction of sp³-hybridized carbons (Fsp3) is 0.545. The molecule has 3 aromatic rings. The van der Waals surface area contributed by atoms with Crippen LogP contribution in [-0.2, 0) is 0 Å². The van der Waals surface area contributed by atoms with Gasteiger partial charge in [0.15, 0.2) is 23.2 Å². The average Bonchev–Trinajstić information content (AvgIpc) is 3.13. The van der Waals surface area contributed by atoms with Crippen LogP contribution < -0.4 is 4.74 Å². The predicted molar refractivity (Wildman–Crippen MR) is 196 cm³/mol. The fourth-order valence-corrected chi connectivity index (χ4v) is 8.12. The van der Waals surface area contributed by atoms with Crippen molar-refractivity contribution in [2.75, 3.05) is 6.61 Å². The Morgan fingerprint density at radius 2 is 1.10 bits per heavy atom. The Bertz CT molecular complexity index is 1500. The number of ether oxygens (including phenoxy) is 1. The Morgan fingerprint density at radius 3 is 1.73 bits per heavy atom. The van der Waals surface area contributed by atoms with Gasteiger partial charge >= 0.3 is 0 Å². The highest BCUT2D eigenvalue weighted by atomic mass is 19.2. The number of halogens is 4. The number of benzene rings is 3. The van der Waals surface area contributed by atoms with E-state index in [-0.39, 0.29) is 16.9 Å². The van der Waals surface area contributed by atoms with Crippen LogP contribution in [0.3, 0.4) is 0 Å². The highest BCUT2D eigenvalue weighted by molar-refractivity contribution is 5.74. The molecule has 0 saturated heterocycles. The first-order chi connectivity index (χ1) is 23.9. The molecule has 0 spiro atoms. The van der Waals surface area contributed by atoms with E-state index in [1.54, 1.807) is 36.4 Å². The third-order valence-corrected chi connectivity index (χ3v) is 11.2. The van der Waals surface area contributed by atoms with E-state index in [0.717, 1.165) is 55.9 Å². The second-order valence-electron chi connectivity index (χ2n) is 14.6. The van der Waals surface area contributed by atoms with E-state index in [1.807, 2.05) is 0 Å². The topological polar surface area (TPSA) is 9.23 Å². The van der Waals surface area contributed by atoms with Crippen molar-refractivity contribution in [2.45, 2.75) is 129 Å². The van der Waals surface area contributed by atoms with Gasteiger partial charge in [0.25, 0.3) is 0 Å². The van der Waals surface area contributed by atoms with Gasteiger partial charge in [-0.2, -0.15) is 4.39 Å². The largest absolute Gasteiger partial charge is 0.490 e. The number of unbranched alkanes of at least 4 members (excludes halogenated alkanes) is 8. The van der Waals surface area contributed by atoms with Crippen LogP contribution in [-0.4, -0.2) is 6.61 Å². The van der Waals surface area contributed by atoms with Gasteiger partial charge in [-0.05, 0) is 85.1 Å². The van der Waals surface area contributed by atoms with Crippen LogP contribution in [0.5, 0.6) is 5.75 Å². The molecule has 0 radical (unpaired) electrons. The maximum atomic E-state index is 15.5. The van der Waals surface area contributed by atoms with Gasteiger partial charge in [0, 0.05) is 16.7 Å². The highest BCUT2D eigenvalue weighted by Gasteiger charge is 2.29. The van der Waals surface area contributed by atoms with Crippen LogP contribution in [0, 0.1) is 41.0 Å². The van der Waals surface area contributed by atoms with E-state index in [9.17, 15) is 4.39 Å². The molecule has 0 aliphatic heterocycles. The molecule has 49 heavy (non-hydrogen) atoms. The van der Waals surface area contributed by atoms with Crippen molar-refractivity contribution in [3.05, 3.63) is 83.4 Å². The van der Waals surface area contributed by atoms with Crippen LogP contribution in [0.2, 0.25) is 0 Å². The third-order valence-electron chi connectivity index (χ3n) is 11.2. The molecule has 2 aliphatic rings. The molecule has 1 saturated carbocycles. The van der Waals surface area contributed by atoms with E-state index < -0.39 is 23.3 Å². The Balaban J connectivity index is 1.16. The molecule has 5 rings (SSSR count). The lowest BCUT2D eigenvalue weighted by Crippen LogP contribution is -2.23. The molecule has 0 amide bonds. The minimum absolute atomic E-state index is 0.0922. The Morgan fingerprint density at radius 1 is 0.551 bits per heavy atom. The summed E-state index contributed by atoms with van der Waals surface area (Å²) in [6, 6.07) is 12.8. The van der Waals surface area contributed by atoms with Crippen LogP contribution in [0.1, 0.15) is 135 Å². The summed E-state index contributed by atoms with van der Waals surface area (Å²) in [5.41, 5.74) is 2.42. The van der Waals surface area contributed by atoms with Gasteiger partial charge in [-0.1, -0.05) is 133 Å². The van der Waals surface area contributed by atoms with E-state index >= 15 is 13.2 Å².